The van der Waals surface area contributed by atoms with Gasteiger partial charge in [-0.25, -0.2) is 0 Å². The van der Waals surface area contributed by atoms with E-state index in [9.17, 15) is 4.79 Å². The summed E-state index contributed by atoms with van der Waals surface area (Å²) in [7, 11) is 0. The smallest absolute Gasteiger partial charge is 0.271 e. The summed E-state index contributed by atoms with van der Waals surface area (Å²) in [6, 6.07) is 10.9. The average molecular weight is 229 g/mol. The topological polar surface area (TPSA) is 60.9 Å². The van der Waals surface area contributed by atoms with Crippen molar-refractivity contribution in [3.8, 4) is 5.69 Å². The Morgan fingerprint density at radius 3 is 2.59 bits per heavy atom. The van der Waals surface area contributed by atoms with Crippen LogP contribution in [0.4, 0.5) is 0 Å². The minimum absolute atomic E-state index is 0.123. The van der Waals surface area contributed by atoms with Gasteiger partial charge in [-0.15, -0.1) is 0 Å². The number of rotatable bonds is 4. The Kier molecular flexibility index (Phi) is 3.67. The van der Waals surface area contributed by atoms with Crippen molar-refractivity contribution in [2.24, 2.45) is 5.73 Å². The van der Waals surface area contributed by atoms with Gasteiger partial charge < -0.3 is 5.73 Å². The number of hydrogen-bond donors (Lipinski definition) is 1. The van der Waals surface area contributed by atoms with Crippen molar-refractivity contribution in [1.82, 2.24) is 9.78 Å². The van der Waals surface area contributed by atoms with Gasteiger partial charge in [0.15, 0.2) is 0 Å². The van der Waals surface area contributed by atoms with E-state index in [2.05, 4.69) is 5.10 Å². The van der Waals surface area contributed by atoms with Crippen molar-refractivity contribution in [1.29, 1.82) is 0 Å². The summed E-state index contributed by atoms with van der Waals surface area (Å²) in [5.74, 6) is 0. The zero-order valence-corrected chi connectivity index (χ0v) is 9.54. The predicted octanol–water partition coefficient (Wildman–Crippen LogP) is 1.12. The molecule has 17 heavy (non-hydrogen) atoms. The minimum atomic E-state index is -0.123. The van der Waals surface area contributed by atoms with Crippen LogP contribution < -0.4 is 11.3 Å². The molecule has 1 aromatic carbocycles. The molecule has 2 aromatic rings. The first-order valence-electron chi connectivity index (χ1n) is 5.65. The first-order chi connectivity index (χ1) is 8.31. The SMILES string of the molecule is NCCCc1ccc(-n2ncccc2=O)cc1. The third kappa shape index (κ3) is 2.79. The van der Waals surface area contributed by atoms with E-state index < -0.39 is 0 Å². The molecule has 2 N–H and O–H groups in total. The normalized spacial score (nSPS) is 10.4. The summed E-state index contributed by atoms with van der Waals surface area (Å²) >= 11 is 0. The Morgan fingerprint density at radius 2 is 1.94 bits per heavy atom. The molecule has 88 valence electrons. The minimum Gasteiger partial charge on any atom is -0.330 e. The predicted molar refractivity (Wildman–Crippen MR) is 67.2 cm³/mol. The lowest BCUT2D eigenvalue weighted by Gasteiger charge is -2.05. The lowest BCUT2D eigenvalue weighted by atomic mass is 10.1. The summed E-state index contributed by atoms with van der Waals surface area (Å²) < 4.78 is 1.38. The number of aromatic nitrogens is 2. The largest absolute Gasteiger partial charge is 0.330 e. The van der Waals surface area contributed by atoms with Gasteiger partial charge in [0, 0.05) is 12.3 Å². The van der Waals surface area contributed by atoms with Crippen LogP contribution in [0.25, 0.3) is 5.69 Å². The lowest BCUT2D eigenvalue weighted by molar-refractivity contribution is 0.802. The fourth-order valence-electron chi connectivity index (χ4n) is 1.66. The van der Waals surface area contributed by atoms with Crippen LogP contribution >= 0.6 is 0 Å². The van der Waals surface area contributed by atoms with Gasteiger partial charge in [-0.05, 0) is 43.1 Å². The number of nitrogens with two attached hydrogens (primary N) is 1. The molecule has 0 aliphatic rings. The van der Waals surface area contributed by atoms with Gasteiger partial charge in [0.2, 0.25) is 0 Å². The highest BCUT2D eigenvalue weighted by atomic mass is 16.1. The summed E-state index contributed by atoms with van der Waals surface area (Å²) in [6.45, 7) is 0.696. The Balaban J connectivity index is 2.24. The van der Waals surface area contributed by atoms with E-state index >= 15 is 0 Å². The van der Waals surface area contributed by atoms with Crippen LogP contribution in [0.1, 0.15) is 12.0 Å². The highest BCUT2D eigenvalue weighted by Crippen LogP contribution is 2.08. The Bertz CT molecular complexity index is 531. The summed E-state index contributed by atoms with van der Waals surface area (Å²) in [6.07, 6.45) is 3.54. The van der Waals surface area contributed by atoms with Crippen LogP contribution in [-0.2, 0) is 6.42 Å². The van der Waals surface area contributed by atoms with E-state index in [4.69, 9.17) is 5.73 Å². The maximum absolute atomic E-state index is 11.6. The van der Waals surface area contributed by atoms with Gasteiger partial charge in [0.1, 0.15) is 0 Å². The molecule has 4 nitrogen and oxygen atoms in total. The Labute approximate surface area is 99.7 Å². The van der Waals surface area contributed by atoms with Gasteiger partial charge in [-0.1, -0.05) is 12.1 Å². The highest BCUT2D eigenvalue weighted by Gasteiger charge is 1.99. The zero-order valence-electron chi connectivity index (χ0n) is 9.54. The number of aryl methyl sites for hydroxylation is 1. The van der Waals surface area contributed by atoms with Crippen molar-refractivity contribution in [3.05, 3.63) is 58.5 Å². The van der Waals surface area contributed by atoms with Gasteiger partial charge in [0.05, 0.1) is 5.69 Å². The Hall–Kier alpha value is -1.94. The molecule has 0 aliphatic heterocycles. The molecule has 0 aliphatic carbocycles. The maximum Gasteiger partial charge on any atom is 0.271 e. The van der Waals surface area contributed by atoms with E-state index in [1.165, 1.54) is 16.3 Å². The van der Waals surface area contributed by atoms with Crippen molar-refractivity contribution >= 4 is 0 Å². The molecule has 2 rings (SSSR count). The molecule has 0 bridgehead atoms. The second kappa shape index (κ2) is 5.41. The van der Waals surface area contributed by atoms with Gasteiger partial charge in [0.25, 0.3) is 5.56 Å². The lowest BCUT2D eigenvalue weighted by Crippen LogP contribution is -2.18. The van der Waals surface area contributed by atoms with E-state index in [1.807, 2.05) is 24.3 Å². The fraction of sp³-hybridized carbons (Fsp3) is 0.231. The number of hydrogen-bond acceptors (Lipinski definition) is 3. The highest BCUT2D eigenvalue weighted by molar-refractivity contribution is 5.33. The average Bonchev–Trinajstić information content (AvgIpc) is 2.38. The van der Waals surface area contributed by atoms with Gasteiger partial charge in [-0.3, -0.25) is 4.79 Å². The fourth-order valence-corrected chi connectivity index (χ4v) is 1.66. The van der Waals surface area contributed by atoms with Crippen LogP contribution in [0.5, 0.6) is 0 Å². The molecule has 0 saturated carbocycles. The van der Waals surface area contributed by atoms with Crippen LogP contribution in [0.2, 0.25) is 0 Å². The standard InChI is InChI=1S/C13H15N3O/c14-9-1-3-11-5-7-12(8-6-11)16-13(17)4-2-10-15-16/h2,4-8,10H,1,3,9,14H2. The van der Waals surface area contributed by atoms with E-state index in [1.54, 1.807) is 12.3 Å². The summed E-state index contributed by atoms with van der Waals surface area (Å²) in [5, 5.41) is 4.02. The van der Waals surface area contributed by atoms with Crippen LogP contribution in [0.15, 0.2) is 47.4 Å². The maximum atomic E-state index is 11.6. The molecular formula is C13H15N3O. The van der Waals surface area contributed by atoms with E-state index in [0.717, 1.165) is 18.5 Å². The van der Waals surface area contributed by atoms with Crippen molar-refractivity contribution in [2.75, 3.05) is 6.54 Å². The van der Waals surface area contributed by atoms with Crippen molar-refractivity contribution in [2.45, 2.75) is 12.8 Å². The molecule has 0 atom stereocenters. The monoisotopic (exact) mass is 229 g/mol. The molecule has 0 amide bonds. The zero-order chi connectivity index (χ0) is 12.1. The number of nitrogens with zero attached hydrogens (tertiary/aromatic N) is 2. The molecule has 0 spiro atoms. The second-order valence-corrected chi connectivity index (χ2v) is 3.83. The first kappa shape index (κ1) is 11.5. The van der Waals surface area contributed by atoms with E-state index in [0.29, 0.717) is 6.54 Å². The quantitative estimate of drug-likeness (QED) is 0.854. The molecular weight excluding hydrogens is 214 g/mol. The Morgan fingerprint density at radius 1 is 1.18 bits per heavy atom. The third-order valence-electron chi connectivity index (χ3n) is 2.57. The van der Waals surface area contributed by atoms with Gasteiger partial charge >= 0.3 is 0 Å². The molecule has 0 saturated heterocycles. The van der Waals surface area contributed by atoms with E-state index in [-0.39, 0.29) is 5.56 Å². The van der Waals surface area contributed by atoms with Crippen LogP contribution in [0, 0.1) is 0 Å². The molecule has 0 radical (unpaired) electrons. The van der Waals surface area contributed by atoms with Gasteiger partial charge in [-0.2, -0.15) is 9.78 Å². The molecule has 4 heteroatoms. The van der Waals surface area contributed by atoms with Crippen molar-refractivity contribution in [3.63, 3.8) is 0 Å². The van der Waals surface area contributed by atoms with Crippen LogP contribution in [0.3, 0.4) is 0 Å². The first-order valence-corrected chi connectivity index (χ1v) is 5.65. The molecule has 0 fully saturated rings. The third-order valence-corrected chi connectivity index (χ3v) is 2.57. The summed E-state index contributed by atoms with van der Waals surface area (Å²) in [4.78, 5) is 11.6. The second-order valence-electron chi connectivity index (χ2n) is 3.83. The molecule has 1 aromatic heterocycles. The van der Waals surface area contributed by atoms with Crippen molar-refractivity contribution < 1.29 is 0 Å². The van der Waals surface area contributed by atoms with Crippen LogP contribution in [-0.4, -0.2) is 16.3 Å². The number of benzene rings is 1. The molecule has 1 heterocycles. The molecule has 0 unspecified atom stereocenters. The summed E-state index contributed by atoms with van der Waals surface area (Å²) in [5.41, 5.74) is 7.35.